The molecule has 0 bridgehead atoms. The molecule has 0 spiro atoms. The van der Waals surface area contributed by atoms with Gasteiger partial charge in [0, 0.05) is 5.54 Å². The summed E-state index contributed by atoms with van der Waals surface area (Å²) in [6, 6.07) is 0. The second-order valence-electron chi connectivity index (χ2n) is 3.90. The molecule has 1 aliphatic rings. The fourth-order valence-corrected chi connectivity index (χ4v) is 1.19. The molecule has 1 atom stereocenters. The highest BCUT2D eigenvalue weighted by Crippen LogP contribution is 2.22. The van der Waals surface area contributed by atoms with E-state index in [1.807, 2.05) is 0 Å². The van der Waals surface area contributed by atoms with Crippen molar-refractivity contribution in [3.8, 4) is 0 Å². The minimum atomic E-state index is -0.113. The highest BCUT2D eigenvalue weighted by atomic mass is 14.7. The van der Waals surface area contributed by atoms with Crippen LogP contribution in [0, 0.1) is 5.92 Å². The molecular weight excluding hydrogens is 134 g/mol. The second kappa shape index (κ2) is 2.82. The molecule has 0 fully saturated rings. The first-order chi connectivity index (χ1) is 5.01. The molecule has 1 heteroatoms. The Kier molecular flexibility index (Phi) is 2.19. The van der Waals surface area contributed by atoms with E-state index in [0.29, 0.717) is 5.92 Å². The molecular formula is C10H17N. The third kappa shape index (κ3) is 2.19. The van der Waals surface area contributed by atoms with Crippen LogP contribution in [0.2, 0.25) is 0 Å². The van der Waals surface area contributed by atoms with Crippen LogP contribution in [-0.4, -0.2) is 5.54 Å². The summed E-state index contributed by atoms with van der Waals surface area (Å²) in [6.45, 7) is 6.46. The minimum absolute atomic E-state index is 0.113. The van der Waals surface area contributed by atoms with Crippen LogP contribution in [0.3, 0.4) is 0 Å². The van der Waals surface area contributed by atoms with Crippen LogP contribution in [0.25, 0.3) is 0 Å². The van der Waals surface area contributed by atoms with Crippen molar-refractivity contribution in [2.24, 2.45) is 11.7 Å². The van der Waals surface area contributed by atoms with Gasteiger partial charge in [-0.3, -0.25) is 0 Å². The van der Waals surface area contributed by atoms with Crippen molar-refractivity contribution in [1.82, 2.24) is 0 Å². The van der Waals surface area contributed by atoms with Crippen molar-refractivity contribution in [1.29, 1.82) is 0 Å². The average molecular weight is 151 g/mol. The third-order valence-corrected chi connectivity index (χ3v) is 2.10. The molecule has 1 aliphatic carbocycles. The fourth-order valence-electron chi connectivity index (χ4n) is 1.19. The Labute approximate surface area is 69.0 Å². The summed E-state index contributed by atoms with van der Waals surface area (Å²) in [5, 5.41) is 0. The smallest absolute Gasteiger partial charge is 0.0348 e. The number of hydrogen-bond donors (Lipinski definition) is 1. The van der Waals surface area contributed by atoms with E-state index in [-0.39, 0.29) is 5.54 Å². The van der Waals surface area contributed by atoms with Crippen LogP contribution in [0.5, 0.6) is 0 Å². The normalized spacial score (nSPS) is 30.8. The lowest BCUT2D eigenvalue weighted by molar-refractivity contribution is 0.578. The zero-order chi connectivity index (χ0) is 8.48. The van der Waals surface area contributed by atoms with Crippen LogP contribution < -0.4 is 5.73 Å². The first kappa shape index (κ1) is 8.54. The van der Waals surface area contributed by atoms with Gasteiger partial charge in [-0.15, -0.1) is 0 Å². The highest BCUT2D eigenvalue weighted by Gasteiger charge is 2.16. The van der Waals surface area contributed by atoms with Crippen molar-refractivity contribution >= 4 is 0 Å². The van der Waals surface area contributed by atoms with E-state index >= 15 is 0 Å². The molecule has 0 saturated heterocycles. The van der Waals surface area contributed by atoms with Crippen LogP contribution >= 0.6 is 0 Å². The van der Waals surface area contributed by atoms with Gasteiger partial charge in [0.25, 0.3) is 0 Å². The number of rotatable bonds is 1. The summed E-state index contributed by atoms with van der Waals surface area (Å²) in [4.78, 5) is 0. The zero-order valence-electron chi connectivity index (χ0n) is 7.59. The van der Waals surface area contributed by atoms with E-state index in [1.165, 1.54) is 5.57 Å². The van der Waals surface area contributed by atoms with Gasteiger partial charge in [-0.05, 0) is 24.8 Å². The van der Waals surface area contributed by atoms with Crippen LogP contribution in [0.4, 0.5) is 0 Å². The maximum atomic E-state index is 5.91. The number of hydrogen-bond acceptors (Lipinski definition) is 1. The SMILES string of the molecule is CC(C)C1=CCC(C)(N)C=C1. The van der Waals surface area contributed by atoms with Gasteiger partial charge in [-0.1, -0.05) is 32.1 Å². The van der Waals surface area contributed by atoms with E-state index in [9.17, 15) is 0 Å². The molecule has 0 aromatic carbocycles. The Hall–Kier alpha value is -0.560. The third-order valence-electron chi connectivity index (χ3n) is 2.10. The number of allylic oxidation sites excluding steroid dienone is 2. The second-order valence-corrected chi connectivity index (χ2v) is 3.90. The van der Waals surface area contributed by atoms with E-state index in [1.54, 1.807) is 0 Å². The topological polar surface area (TPSA) is 26.0 Å². The minimum Gasteiger partial charge on any atom is -0.322 e. The molecule has 0 aromatic heterocycles. The zero-order valence-corrected chi connectivity index (χ0v) is 7.59. The summed E-state index contributed by atoms with van der Waals surface area (Å²) in [5.41, 5.74) is 7.21. The molecule has 62 valence electrons. The Balaban J connectivity index is 2.68. The van der Waals surface area contributed by atoms with Crippen molar-refractivity contribution in [2.75, 3.05) is 0 Å². The lowest BCUT2D eigenvalue weighted by Gasteiger charge is -2.23. The Morgan fingerprint density at radius 2 is 2.18 bits per heavy atom. The predicted molar refractivity (Wildman–Crippen MR) is 49.3 cm³/mol. The van der Waals surface area contributed by atoms with Gasteiger partial charge in [0.05, 0.1) is 0 Å². The summed E-state index contributed by atoms with van der Waals surface area (Å²) in [5.74, 6) is 0.627. The molecule has 2 N–H and O–H groups in total. The van der Waals surface area contributed by atoms with E-state index < -0.39 is 0 Å². The molecule has 0 saturated carbocycles. The maximum Gasteiger partial charge on any atom is 0.0348 e. The highest BCUT2D eigenvalue weighted by molar-refractivity contribution is 5.29. The summed E-state index contributed by atoms with van der Waals surface area (Å²) < 4.78 is 0. The molecule has 0 amide bonds. The average Bonchev–Trinajstić information content (AvgIpc) is 1.86. The van der Waals surface area contributed by atoms with Gasteiger partial charge < -0.3 is 5.73 Å². The van der Waals surface area contributed by atoms with Crippen LogP contribution in [0.15, 0.2) is 23.8 Å². The Bertz CT molecular complexity index is 197. The molecule has 0 aromatic rings. The Morgan fingerprint density at radius 1 is 1.55 bits per heavy atom. The first-order valence-corrected chi connectivity index (χ1v) is 4.19. The lowest BCUT2D eigenvalue weighted by Crippen LogP contribution is -2.34. The summed E-state index contributed by atoms with van der Waals surface area (Å²) in [7, 11) is 0. The summed E-state index contributed by atoms with van der Waals surface area (Å²) >= 11 is 0. The molecule has 1 nitrogen and oxygen atoms in total. The number of nitrogens with two attached hydrogens (primary N) is 1. The molecule has 1 unspecified atom stereocenters. The standard InChI is InChI=1S/C10H17N/c1-8(2)9-4-6-10(3,11)7-5-9/h4-6,8H,7,11H2,1-3H3. The summed E-state index contributed by atoms with van der Waals surface area (Å²) in [6.07, 6.45) is 7.46. The van der Waals surface area contributed by atoms with Gasteiger partial charge in [-0.25, -0.2) is 0 Å². The van der Waals surface area contributed by atoms with Crippen molar-refractivity contribution in [3.05, 3.63) is 23.8 Å². The Morgan fingerprint density at radius 3 is 2.55 bits per heavy atom. The van der Waals surface area contributed by atoms with Gasteiger partial charge in [0.1, 0.15) is 0 Å². The van der Waals surface area contributed by atoms with Crippen LogP contribution in [0.1, 0.15) is 27.2 Å². The molecule has 0 aliphatic heterocycles. The van der Waals surface area contributed by atoms with Gasteiger partial charge in [0.2, 0.25) is 0 Å². The lowest BCUT2D eigenvalue weighted by atomic mass is 9.88. The van der Waals surface area contributed by atoms with Crippen LogP contribution in [-0.2, 0) is 0 Å². The van der Waals surface area contributed by atoms with Crippen molar-refractivity contribution in [2.45, 2.75) is 32.7 Å². The van der Waals surface area contributed by atoms with Gasteiger partial charge in [-0.2, -0.15) is 0 Å². The predicted octanol–water partition coefficient (Wildman–Crippen LogP) is 2.25. The van der Waals surface area contributed by atoms with Crippen molar-refractivity contribution in [3.63, 3.8) is 0 Å². The van der Waals surface area contributed by atoms with E-state index in [0.717, 1.165) is 6.42 Å². The molecule has 11 heavy (non-hydrogen) atoms. The fraction of sp³-hybridized carbons (Fsp3) is 0.600. The van der Waals surface area contributed by atoms with Crippen molar-refractivity contribution < 1.29 is 0 Å². The molecule has 0 radical (unpaired) electrons. The molecule has 1 rings (SSSR count). The largest absolute Gasteiger partial charge is 0.322 e. The van der Waals surface area contributed by atoms with Gasteiger partial charge in [0.15, 0.2) is 0 Å². The van der Waals surface area contributed by atoms with E-state index in [2.05, 4.69) is 39.0 Å². The maximum absolute atomic E-state index is 5.91. The van der Waals surface area contributed by atoms with E-state index in [4.69, 9.17) is 5.73 Å². The first-order valence-electron chi connectivity index (χ1n) is 4.19. The quantitative estimate of drug-likeness (QED) is 0.611. The monoisotopic (exact) mass is 151 g/mol. The molecule has 0 heterocycles. The van der Waals surface area contributed by atoms with Gasteiger partial charge >= 0.3 is 0 Å².